The van der Waals surface area contributed by atoms with E-state index in [9.17, 15) is 13.2 Å². The van der Waals surface area contributed by atoms with Gasteiger partial charge in [0.05, 0.1) is 16.3 Å². The van der Waals surface area contributed by atoms with Crippen LogP contribution in [0.3, 0.4) is 0 Å². The van der Waals surface area contributed by atoms with Gasteiger partial charge >= 0.3 is 6.18 Å². The third-order valence-corrected chi connectivity index (χ3v) is 3.54. The predicted molar refractivity (Wildman–Crippen MR) is 69.9 cm³/mol. The zero-order valence-corrected chi connectivity index (χ0v) is 10.9. The molecule has 1 aromatic heterocycles. The summed E-state index contributed by atoms with van der Waals surface area (Å²) in [7, 11) is 0. The second-order valence-corrected chi connectivity index (χ2v) is 5.04. The number of halogens is 3. The van der Waals surface area contributed by atoms with Gasteiger partial charge in [-0.1, -0.05) is 12.1 Å². The Kier molecular flexibility index (Phi) is 4.21. The van der Waals surface area contributed by atoms with Gasteiger partial charge in [0.2, 0.25) is 0 Å². The number of hydrogen-bond acceptors (Lipinski definition) is 3. The van der Waals surface area contributed by atoms with E-state index in [0.717, 1.165) is 30.0 Å². The van der Waals surface area contributed by atoms with Crippen molar-refractivity contribution in [3.05, 3.63) is 40.2 Å². The minimum atomic E-state index is -4.32. The van der Waals surface area contributed by atoms with Crippen molar-refractivity contribution in [1.29, 1.82) is 0 Å². The van der Waals surface area contributed by atoms with E-state index < -0.39 is 11.7 Å². The van der Waals surface area contributed by atoms with E-state index >= 15 is 0 Å². The Hall–Kier alpha value is -1.40. The molecule has 1 aromatic carbocycles. The Balaban J connectivity index is 2.24. The average molecular weight is 286 g/mol. The van der Waals surface area contributed by atoms with Crippen molar-refractivity contribution in [1.82, 2.24) is 4.98 Å². The van der Waals surface area contributed by atoms with Crippen molar-refractivity contribution in [2.75, 3.05) is 6.54 Å². The Morgan fingerprint density at radius 1 is 1.26 bits per heavy atom. The quantitative estimate of drug-likeness (QED) is 0.930. The molecule has 102 valence electrons. The maximum Gasteiger partial charge on any atom is 0.416 e. The van der Waals surface area contributed by atoms with Crippen LogP contribution in [0.25, 0.3) is 11.3 Å². The van der Waals surface area contributed by atoms with Gasteiger partial charge in [-0.3, -0.25) is 0 Å². The summed E-state index contributed by atoms with van der Waals surface area (Å²) in [5, 5.41) is 2.68. The van der Waals surface area contributed by atoms with Crippen LogP contribution in [0.1, 0.15) is 17.0 Å². The van der Waals surface area contributed by atoms with Crippen LogP contribution in [-0.4, -0.2) is 11.5 Å². The average Bonchev–Trinajstić information content (AvgIpc) is 2.84. The number of alkyl halides is 3. The molecule has 0 fully saturated rings. The lowest BCUT2D eigenvalue weighted by Crippen LogP contribution is -2.04. The van der Waals surface area contributed by atoms with Crippen LogP contribution >= 0.6 is 11.3 Å². The molecule has 0 aliphatic carbocycles. The van der Waals surface area contributed by atoms with Crippen LogP contribution < -0.4 is 5.73 Å². The molecule has 2 N–H and O–H groups in total. The van der Waals surface area contributed by atoms with Gasteiger partial charge in [0.15, 0.2) is 0 Å². The smallest absolute Gasteiger partial charge is 0.330 e. The zero-order chi connectivity index (χ0) is 13.9. The maximum atomic E-state index is 12.6. The maximum absolute atomic E-state index is 12.6. The predicted octanol–water partition coefficient (Wildman–Crippen LogP) is 3.72. The highest BCUT2D eigenvalue weighted by molar-refractivity contribution is 7.09. The van der Waals surface area contributed by atoms with Crippen molar-refractivity contribution in [2.24, 2.45) is 5.73 Å². The molecule has 0 bridgehead atoms. The molecule has 0 aliphatic rings. The van der Waals surface area contributed by atoms with Gasteiger partial charge < -0.3 is 5.73 Å². The molecule has 0 saturated carbocycles. The van der Waals surface area contributed by atoms with Crippen molar-refractivity contribution in [3.63, 3.8) is 0 Å². The molecule has 2 aromatic rings. The summed E-state index contributed by atoms with van der Waals surface area (Å²) in [6, 6.07) is 5.22. The highest BCUT2D eigenvalue weighted by atomic mass is 32.1. The van der Waals surface area contributed by atoms with Crippen molar-refractivity contribution < 1.29 is 13.2 Å². The van der Waals surface area contributed by atoms with Gasteiger partial charge in [0.1, 0.15) is 0 Å². The monoisotopic (exact) mass is 286 g/mol. The molecule has 0 radical (unpaired) electrons. The number of aromatic nitrogens is 1. The summed E-state index contributed by atoms with van der Waals surface area (Å²) in [6.07, 6.45) is -2.73. The number of aryl methyl sites for hydroxylation is 1. The summed E-state index contributed by atoms with van der Waals surface area (Å²) in [5.41, 5.74) is 5.84. The van der Waals surface area contributed by atoms with Crippen LogP contribution in [0.2, 0.25) is 0 Å². The van der Waals surface area contributed by atoms with Gasteiger partial charge in [-0.15, -0.1) is 11.3 Å². The molecule has 2 nitrogen and oxygen atoms in total. The summed E-state index contributed by atoms with van der Waals surface area (Å²) in [5.74, 6) is 0. The number of rotatable bonds is 4. The van der Waals surface area contributed by atoms with Crippen LogP contribution in [0.5, 0.6) is 0 Å². The standard InChI is InChI=1S/C13H13F3N2S/c14-13(15,16)10-4-1-3-9(7-10)11-8-19-12(18-11)5-2-6-17/h1,3-4,7-8H,2,5-6,17H2. The Morgan fingerprint density at radius 3 is 2.74 bits per heavy atom. The summed E-state index contributed by atoms with van der Waals surface area (Å²) < 4.78 is 37.9. The lowest BCUT2D eigenvalue weighted by atomic mass is 10.1. The summed E-state index contributed by atoms with van der Waals surface area (Å²) >= 11 is 1.45. The van der Waals surface area contributed by atoms with Crippen LogP contribution in [-0.2, 0) is 12.6 Å². The molecule has 0 amide bonds. The lowest BCUT2D eigenvalue weighted by molar-refractivity contribution is -0.137. The van der Waals surface area contributed by atoms with Gasteiger partial charge in [-0.25, -0.2) is 4.98 Å². The fourth-order valence-corrected chi connectivity index (χ4v) is 2.52. The fraction of sp³-hybridized carbons (Fsp3) is 0.308. The molecule has 19 heavy (non-hydrogen) atoms. The normalized spacial score (nSPS) is 11.8. The van der Waals surface area contributed by atoms with Gasteiger partial charge in [-0.2, -0.15) is 13.2 Å². The van der Waals surface area contributed by atoms with Crippen LogP contribution in [0.15, 0.2) is 29.6 Å². The van der Waals surface area contributed by atoms with Gasteiger partial charge in [-0.05, 0) is 25.1 Å². The second-order valence-electron chi connectivity index (χ2n) is 4.10. The molecule has 0 atom stereocenters. The third kappa shape index (κ3) is 3.54. The van der Waals surface area contributed by atoms with Crippen LogP contribution in [0.4, 0.5) is 13.2 Å². The van der Waals surface area contributed by atoms with E-state index in [4.69, 9.17) is 5.73 Å². The number of hydrogen-bond donors (Lipinski definition) is 1. The lowest BCUT2D eigenvalue weighted by Gasteiger charge is -2.07. The zero-order valence-electron chi connectivity index (χ0n) is 10.1. The first-order valence-electron chi connectivity index (χ1n) is 5.83. The Morgan fingerprint density at radius 2 is 2.05 bits per heavy atom. The van der Waals surface area contributed by atoms with Gasteiger partial charge in [0, 0.05) is 17.4 Å². The molecule has 0 saturated heterocycles. The van der Waals surface area contributed by atoms with E-state index in [0.29, 0.717) is 17.8 Å². The van der Waals surface area contributed by atoms with Crippen molar-refractivity contribution in [3.8, 4) is 11.3 Å². The summed E-state index contributed by atoms with van der Waals surface area (Å²) in [6.45, 7) is 0.582. The van der Waals surface area contributed by atoms with Crippen molar-refractivity contribution in [2.45, 2.75) is 19.0 Å². The molecule has 2 rings (SSSR count). The molecular formula is C13H13F3N2S. The molecule has 0 aliphatic heterocycles. The number of benzene rings is 1. The topological polar surface area (TPSA) is 38.9 Å². The molecule has 0 unspecified atom stereocenters. The third-order valence-electron chi connectivity index (χ3n) is 2.63. The minimum absolute atomic E-state index is 0.491. The molecule has 1 heterocycles. The van der Waals surface area contributed by atoms with E-state index in [1.165, 1.54) is 17.4 Å². The first-order valence-corrected chi connectivity index (χ1v) is 6.71. The number of nitrogens with two attached hydrogens (primary N) is 1. The SMILES string of the molecule is NCCCc1nc(-c2cccc(C(F)(F)F)c2)cs1. The highest BCUT2D eigenvalue weighted by Gasteiger charge is 2.30. The number of thiazole rings is 1. The fourth-order valence-electron chi connectivity index (χ4n) is 1.67. The molecule has 0 spiro atoms. The summed E-state index contributed by atoms with van der Waals surface area (Å²) in [4.78, 5) is 4.34. The molecular weight excluding hydrogens is 273 g/mol. The van der Waals surface area contributed by atoms with E-state index in [1.807, 2.05) is 0 Å². The van der Waals surface area contributed by atoms with Gasteiger partial charge in [0.25, 0.3) is 0 Å². The minimum Gasteiger partial charge on any atom is -0.330 e. The van der Waals surface area contributed by atoms with E-state index in [2.05, 4.69) is 4.98 Å². The molecule has 6 heteroatoms. The first kappa shape index (κ1) is 14.0. The van der Waals surface area contributed by atoms with E-state index in [1.54, 1.807) is 11.4 Å². The number of nitrogens with zero attached hydrogens (tertiary/aromatic N) is 1. The largest absolute Gasteiger partial charge is 0.416 e. The highest BCUT2D eigenvalue weighted by Crippen LogP contribution is 2.32. The van der Waals surface area contributed by atoms with Crippen LogP contribution in [0, 0.1) is 0 Å². The van der Waals surface area contributed by atoms with Crippen molar-refractivity contribution >= 4 is 11.3 Å². The second kappa shape index (κ2) is 5.71. The first-order chi connectivity index (χ1) is 9.00. The Bertz CT molecular complexity index is 549. The van der Waals surface area contributed by atoms with E-state index in [-0.39, 0.29) is 0 Å². The Labute approximate surface area is 113 Å².